The molecule has 0 radical (unpaired) electrons. The normalized spacial score (nSPS) is 12.2. The predicted molar refractivity (Wildman–Crippen MR) is 38.7 cm³/mol. The average Bonchev–Trinajstić information content (AvgIpc) is 1.87. The Kier molecular flexibility index (Phi) is 3.39. The number of allylic oxidation sites excluding steroid dienone is 1. The highest BCUT2D eigenvalue weighted by Gasteiger charge is 2.02. The standard InChI is InChI=1S/C7H12O3/c1-4-10-7(9)5(2)6(3)8/h8-9H,3-4H2,1-2H3/b7-5+. The van der Waals surface area contributed by atoms with Crippen LogP contribution in [0.2, 0.25) is 0 Å². The van der Waals surface area contributed by atoms with Crippen LogP contribution in [0, 0.1) is 0 Å². The monoisotopic (exact) mass is 144 g/mol. The molecule has 58 valence electrons. The predicted octanol–water partition coefficient (Wildman–Crippen LogP) is 1.88. The van der Waals surface area contributed by atoms with Crippen LogP contribution in [0.3, 0.4) is 0 Å². The van der Waals surface area contributed by atoms with Gasteiger partial charge in [0.1, 0.15) is 5.76 Å². The first-order chi connectivity index (χ1) is 4.59. The van der Waals surface area contributed by atoms with Crippen LogP contribution in [0.1, 0.15) is 13.8 Å². The topological polar surface area (TPSA) is 49.7 Å². The molecule has 0 aromatic carbocycles. The molecular formula is C7H12O3. The minimum Gasteiger partial charge on any atom is -0.508 e. The lowest BCUT2D eigenvalue weighted by Crippen LogP contribution is -1.95. The molecule has 0 amide bonds. The van der Waals surface area contributed by atoms with Gasteiger partial charge < -0.3 is 14.9 Å². The van der Waals surface area contributed by atoms with Crippen LogP contribution in [-0.4, -0.2) is 16.8 Å². The van der Waals surface area contributed by atoms with Crippen molar-refractivity contribution in [3.05, 3.63) is 23.9 Å². The molecule has 0 aliphatic rings. The first kappa shape index (κ1) is 8.88. The van der Waals surface area contributed by atoms with E-state index in [-0.39, 0.29) is 17.3 Å². The van der Waals surface area contributed by atoms with E-state index in [2.05, 4.69) is 11.3 Å². The van der Waals surface area contributed by atoms with Gasteiger partial charge in [-0.25, -0.2) is 0 Å². The first-order valence-corrected chi connectivity index (χ1v) is 3.00. The van der Waals surface area contributed by atoms with E-state index in [1.54, 1.807) is 6.92 Å². The van der Waals surface area contributed by atoms with E-state index >= 15 is 0 Å². The minimum atomic E-state index is -0.269. The van der Waals surface area contributed by atoms with E-state index in [1.807, 2.05) is 0 Å². The zero-order valence-electron chi connectivity index (χ0n) is 6.22. The molecule has 0 atom stereocenters. The molecule has 2 N–H and O–H groups in total. The summed E-state index contributed by atoms with van der Waals surface area (Å²) in [6.07, 6.45) is 0. The lowest BCUT2D eigenvalue weighted by atomic mass is 10.3. The van der Waals surface area contributed by atoms with Crippen molar-refractivity contribution in [1.29, 1.82) is 0 Å². The Balaban J connectivity index is 4.19. The van der Waals surface area contributed by atoms with Gasteiger partial charge in [0, 0.05) is 0 Å². The summed E-state index contributed by atoms with van der Waals surface area (Å²) in [6.45, 7) is 6.85. The lowest BCUT2D eigenvalue weighted by Gasteiger charge is -2.03. The van der Waals surface area contributed by atoms with Crippen molar-refractivity contribution in [2.24, 2.45) is 0 Å². The van der Waals surface area contributed by atoms with Crippen molar-refractivity contribution < 1.29 is 14.9 Å². The minimum absolute atomic E-state index is 0.175. The molecule has 3 heteroatoms. The summed E-state index contributed by atoms with van der Waals surface area (Å²) in [5.41, 5.74) is 0.266. The van der Waals surface area contributed by atoms with Crippen LogP contribution in [-0.2, 0) is 4.74 Å². The molecule has 0 saturated carbocycles. The Labute approximate surface area is 60.3 Å². The third-order valence-electron chi connectivity index (χ3n) is 1.03. The van der Waals surface area contributed by atoms with Gasteiger partial charge in [0.2, 0.25) is 0 Å². The van der Waals surface area contributed by atoms with Gasteiger partial charge in [-0.3, -0.25) is 0 Å². The first-order valence-electron chi connectivity index (χ1n) is 3.00. The maximum absolute atomic E-state index is 8.92. The maximum Gasteiger partial charge on any atom is 0.283 e. The largest absolute Gasteiger partial charge is 0.508 e. The Morgan fingerprint density at radius 3 is 2.30 bits per heavy atom. The van der Waals surface area contributed by atoms with E-state index in [0.717, 1.165) is 0 Å². The van der Waals surface area contributed by atoms with E-state index in [1.165, 1.54) is 6.92 Å². The molecule has 10 heavy (non-hydrogen) atoms. The van der Waals surface area contributed by atoms with Crippen LogP contribution in [0.15, 0.2) is 23.9 Å². The van der Waals surface area contributed by atoms with Gasteiger partial charge in [-0.15, -0.1) is 0 Å². The molecule has 0 fully saturated rings. The van der Waals surface area contributed by atoms with Gasteiger partial charge in [-0.1, -0.05) is 6.58 Å². The second-order valence-corrected chi connectivity index (χ2v) is 1.81. The molecule has 0 heterocycles. The summed E-state index contributed by atoms with van der Waals surface area (Å²) >= 11 is 0. The van der Waals surface area contributed by atoms with Crippen molar-refractivity contribution in [3.8, 4) is 0 Å². The molecule has 0 aromatic heterocycles. The summed E-state index contributed by atoms with van der Waals surface area (Å²) in [4.78, 5) is 0. The average molecular weight is 144 g/mol. The zero-order chi connectivity index (χ0) is 8.15. The quantitative estimate of drug-likeness (QED) is 0.469. The van der Waals surface area contributed by atoms with Crippen molar-refractivity contribution in [3.63, 3.8) is 0 Å². The van der Waals surface area contributed by atoms with Gasteiger partial charge in [-0.05, 0) is 13.8 Å². The highest BCUT2D eigenvalue weighted by Crippen LogP contribution is 2.08. The zero-order valence-corrected chi connectivity index (χ0v) is 6.22. The molecule has 0 bridgehead atoms. The van der Waals surface area contributed by atoms with Crippen LogP contribution in [0.5, 0.6) is 0 Å². The van der Waals surface area contributed by atoms with Crippen LogP contribution < -0.4 is 0 Å². The fraction of sp³-hybridized carbons (Fsp3) is 0.429. The molecule has 0 aliphatic carbocycles. The summed E-state index contributed by atoms with van der Waals surface area (Å²) in [6, 6.07) is 0. The third-order valence-corrected chi connectivity index (χ3v) is 1.03. The Morgan fingerprint density at radius 2 is 2.00 bits per heavy atom. The van der Waals surface area contributed by atoms with Gasteiger partial charge in [0.05, 0.1) is 12.2 Å². The van der Waals surface area contributed by atoms with E-state index in [0.29, 0.717) is 6.61 Å². The number of rotatable bonds is 3. The highest BCUT2D eigenvalue weighted by atomic mass is 16.6. The number of ether oxygens (including phenoxy) is 1. The molecule has 0 saturated heterocycles. The van der Waals surface area contributed by atoms with Crippen molar-refractivity contribution in [1.82, 2.24) is 0 Å². The fourth-order valence-corrected chi connectivity index (χ4v) is 0.368. The molecule has 0 aliphatic heterocycles. The molecule has 0 unspecified atom stereocenters. The Morgan fingerprint density at radius 1 is 1.50 bits per heavy atom. The number of hydrogen-bond donors (Lipinski definition) is 2. The van der Waals surface area contributed by atoms with Gasteiger partial charge in [0.15, 0.2) is 0 Å². The Hall–Kier alpha value is -1.12. The smallest absolute Gasteiger partial charge is 0.283 e. The van der Waals surface area contributed by atoms with Crippen LogP contribution in [0.25, 0.3) is 0 Å². The van der Waals surface area contributed by atoms with Crippen molar-refractivity contribution >= 4 is 0 Å². The molecule has 0 spiro atoms. The number of hydrogen-bond acceptors (Lipinski definition) is 3. The SMILES string of the molecule is C=C(O)/C(C)=C(\O)OCC. The lowest BCUT2D eigenvalue weighted by molar-refractivity contribution is 0.0969. The second-order valence-electron chi connectivity index (χ2n) is 1.81. The summed E-state index contributed by atoms with van der Waals surface area (Å²) < 4.78 is 4.68. The number of aliphatic hydroxyl groups is 2. The maximum atomic E-state index is 8.92. The van der Waals surface area contributed by atoms with Gasteiger partial charge in [-0.2, -0.15) is 0 Å². The van der Waals surface area contributed by atoms with Gasteiger partial charge >= 0.3 is 0 Å². The molecular weight excluding hydrogens is 132 g/mol. The summed E-state index contributed by atoms with van der Waals surface area (Å²) in [5.74, 6) is -0.444. The molecule has 0 aromatic rings. The fourth-order valence-electron chi connectivity index (χ4n) is 0.368. The number of aliphatic hydroxyl groups excluding tert-OH is 2. The second kappa shape index (κ2) is 3.82. The third kappa shape index (κ3) is 2.44. The van der Waals surface area contributed by atoms with Gasteiger partial charge in [0.25, 0.3) is 5.95 Å². The summed E-state index contributed by atoms with van der Waals surface area (Å²) in [5, 5.41) is 17.7. The van der Waals surface area contributed by atoms with Crippen molar-refractivity contribution in [2.45, 2.75) is 13.8 Å². The van der Waals surface area contributed by atoms with E-state index in [4.69, 9.17) is 10.2 Å². The Bertz CT molecular complexity index is 158. The van der Waals surface area contributed by atoms with Crippen LogP contribution in [0.4, 0.5) is 0 Å². The molecule has 3 nitrogen and oxygen atoms in total. The van der Waals surface area contributed by atoms with Crippen molar-refractivity contribution in [2.75, 3.05) is 6.61 Å². The van der Waals surface area contributed by atoms with E-state index in [9.17, 15) is 0 Å². The highest BCUT2D eigenvalue weighted by molar-refractivity contribution is 5.19. The summed E-state index contributed by atoms with van der Waals surface area (Å²) in [7, 11) is 0. The van der Waals surface area contributed by atoms with E-state index < -0.39 is 0 Å². The van der Waals surface area contributed by atoms with Crippen LogP contribution >= 0.6 is 0 Å². The molecule has 0 rings (SSSR count).